The lowest BCUT2D eigenvalue weighted by Crippen LogP contribution is -2.48. The fourth-order valence-corrected chi connectivity index (χ4v) is 2.79. The Kier molecular flexibility index (Phi) is 4.93. The van der Waals surface area contributed by atoms with E-state index in [-0.39, 0.29) is 18.5 Å². The highest BCUT2D eigenvalue weighted by molar-refractivity contribution is 7.99. The Morgan fingerprint density at radius 1 is 1.35 bits per heavy atom. The molecule has 20 heavy (non-hydrogen) atoms. The standard InChI is InChI=1S/C13H15F3N2OS/c14-13(15,16)10-3-1-9(2-4-10)7-18-12(19)11-8-20-6-5-17-11/h1-4,11,17H,5-8H2,(H,18,19). The van der Waals surface area contributed by atoms with E-state index in [0.29, 0.717) is 5.56 Å². The molecule has 2 N–H and O–H groups in total. The van der Waals surface area contributed by atoms with Crippen LogP contribution in [0.15, 0.2) is 24.3 Å². The molecule has 0 aliphatic carbocycles. The second kappa shape index (κ2) is 6.49. The summed E-state index contributed by atoms with van der Waals surface area (Å²) >= 11 is 1.71. The molecule has 1 aromatic carbocycles. The van der Waals surface area contributed by atoms with Crippen molar-refractivity contribution in [3.8, 4) is 0 Å². The zero-order chi connectivity index (χ0) is 14.6. The van der Waals surface area contributed by atoms with Gasteiger partial charge in [0.25, 0.3) is 0 Å². The van der Waals surface area contributed by atoms with Gasteiger partial charge in [0, 0.05) is 24.6 Å². The summed E-state index contributed by atoms with van der Waals surface area (Å²) in [5, 5.41) is 5.83. The van der Waals surface area contributed by atoms with Crippen molar-refractivity contribution in [2.45, 2.75) is 18.8 Å². The Morgan fingerprint density at radius 3 is 2.60 bits per heavy atom. The molecule has 1 atom stereocenters. The summed E-state index contributed by atoms with van der Waals surface area (Å²) in [7, 11) is 0. The minimum absolute atomic E-state index is 0.114. The van der Waals surface area contributed by atoms with Gasteiger partial charge in [-0.25, -0.2) is 0 Å². The molecule has 1 amide bonds. The molecule has 7 heteroatoms. The average molecular weight is 304 g/mol. The third-order valence-electron chi connectivity index (χ3n) is 2.99. The van der Waals surface area contributed by atoms with E-state index in [1.807, 2.05) is 0 Å². The van der Waals surface area contributed by atoms with Gasteiger partial charge in [-0.05, 0) is 17.7 Å². The van der Waals surface area contributed by atoms with Gasteiger partial charge >= 0.3 is 6.18 Å². The largest absolute Gasteiger partial charge is 0.416 e. The number of halogens is 3. The van der Waals surface area contributed by atoms with Gasteiger partial charge in [-0.1, -0.05) is 12.1 Å². The summed E-state index contributed by atoms with van der Waals surface area (Å²) in [5.74, 6) is 1.60. The highest BCUT2D eigenvalue weighted by Crippen LogP contribution is 2.29. The van der Waals surface area contributed by atoms with Crippen LogP contribution in [-0.2, 0) is 17.5 Å². The molecule has 1 fully saturated rings. The fourth-order valence-electron chi connectivity index (χ4n) is 1.86. The maximum absolute atomic E-state index is 12.4. The zero-order valence-corrected chi connectivity index (χ0v) is 11.5. The van der Waals surface area contributed by atoms with Crippen LogP contribution in [0.5, 0.6) is 0 Å². The van der Waals surface area contributed by atoms with E-state index in [1.54, 1.807) is 11.8 Å². The molecule has 1 heterocycles. The molecule has 3 nitrogen and oxygen atoms in total. The van der Waals surface area contributed by atoms with Crippen LogP contribution in [0.2, 0.25) is 0 Å². The predicted octanol–water partition coefficient (Wildman–Crippen LogP) is 2.03. The molecule has 1 aliphatic heterocycles. The number of thioether (sulfide) groups is 1. The lowest BCUT2D eigenvalue weighted by Gasteiger charge is -2.22. The van der Waals surface area contributed by atoms with Gasteiger partial charge in [-0.15, -0.1) is 0 Å². The molecule has 0 bridgehead atoms. The summed E-state index contributed by atoms with van der Waals surface area (Å²) in [6.07, 6.45) is -4.33. The topological polar surface area (TPSA) is 41.1 Å². The van der Waals surface area contributed by atoms with Crippen molar-refractivity contribution < 1.29 is 18.0 Å². The highest BCUT2D eigenvalue weighted by atomic mass is 32.2. The molecular formula is C13H15F3N2OS. The van der Waals surface area contributed by atoms with Crippen LogP contribution < -0.4 is 10.6 Å². The van der Waals surface area contributed by atoms with Gasteiger partial charge in [0.15, 0.2) is 0 Å². The molecule has 1 aromatic rings. The lowest BCUT2D eigenvalue weighted by atomic mass is 10.1. The van der Waals surface area contributed by atoms with Crippen molar-refractivity contribution in [3.05, 3.63) is 35.4 Å². The van der Waals surface area contributed by atoms with E-state index >= 15 is 0 Å². The molecule has 1 aliphatic rings. The lowest BCUT2D eigenvalue weighted by molar-refractivity contribution is -0.137. The van der Waals surface area contributed by atoms with Gasteiger partial charge in [-0.3, -0.25) is 4.79 Å². The van der Waals surface area contributed by atoms with E-state index in [9.17, 15) is 18.0 Å². The Balaban J connectivity index is 1.86. The van der Waals surface area contributed by atoms with E-state index in [1.165, 1.54) is 12.1 Å². The number of nitrogens with one attached hydrogen (secondary N) is 2. The average Bonchev–Trinajstić information content (AvgIpc) is 2.45. The second-order valence-corrected chi connectivity index (χ2v) is 5.64. The third-order valence-corrected chi connectivity index (χ3v) is 4.05. The predicted molar refractivity (Wildman–Crippen MR) is 72.4 cm³/mol. The Morgan fingerprint density at radius 2 is 2.05 bits per heavy atom. The maximum Gasteiger partial charge on any atom is 0.416 e. The van der Waals surface area contributed by atoms with Crippen LogP contribution >= 0.6 is 11.8 Å². The quantitative estimate of drug-likeness (QED) is 0.898. The number of carbonyl (C=O) groups is 1. The molecule has 0 aromatic heterocycles. The van der Waals surface area contributed by atoms with Crippen molar-refractivity contribution in [1.29, 1.82) is 0 Å². The van der Waals surface area contributed by atoms with Crippen LogP contribution in [0.1, 0.15) is 11.1 Å². The van der Waals surface area contributed by atoms with Crippen LogP contribution in [-0.4, -0.2) is 30.0 Å². The van der Waals surface area contributed by atoms with Gasteiger partial charge in [-0.2, -0.15) is 24.9 Å². The van der Waals surface area contributed by atoms with Crippen molar-refractivity contribution in [2.24, 2.45) is 0 Å². The minimum atomic E-state index is -4.33. The molecular weight excluding hydrogens is 289 g/mol. The first-order valence-electron chi connectivity index (χ1n) is 6.22. The molecule has 0 saturated carbocycles. The number of carbonyl (C=O) groups excluding carboxylic acids is 1. The second-order valence-electron chi connectivity index (χ2n) is 4.49. The number of hydrogen-bond donors (Lipinski definition) is 2. The number of amides is 1. The highest BCUT2D eigenvalue weighted by Gasteiger charge is 2.29. The van der Waals surface area contributed by atoms with Crippen molar-refractivity contribution >= 4 is 17.7 Å². The molecule has 0 spiro atoms. The van der Waals surface area contributed by atoms with Gasteiger partial charge in [0.1, 0.15) is 0 Å². The molecule has 1 unspecified atom stereocenters. The van der Waals surface area contributed by atoms with E-state index in [4.69, 9.17) is 0 Å². The Bertz CT molecular complexity index is 456. The van der Waals surface area contributed by atoms with Gasteiger partial charge < -0.3 is 10.6 Å². The fraction of sp³-hybridized carbons (Fsp3) is 0.462. The molecule has 110 valence electrons. The summed E-state index contributed by atoms with van der Waals surface area (Å²) in [5.41, 5.74) is -0.0345. The first-order valence-corrected chi connectivity index (χ1v) is 7.37. The van der Waals surface area contributed by atoms with E-state index in [0.717, 1.165) is 30.2 Å². The summed E-state index contributed by atoms with van der Waals surface area (Å²) < 4.78 is 37.2. The number of benzene rings is 1. The first kappa shape index (κ1) is 15.2. The number of rotatable bonds is 3. The number of alkyl halides is 3. The van der Waals surface area contributed by atoms with Gasteiger partial charge in [0.2, 0.25) is 5.91 Å². The summed E-state index contributed by atoms with van der Waals surface area (Å²) in [6.45, 7) is 1.03. The van der Waals surface area contributed by atoms with Crippen LogP contribution in [0, 0.1) is 0 Å². The normalized spacial score (nSPS) is 19.6. The van der Waals surface area contributed by atoms with E-state index < -0.39 is 11.7 Å². The zero-order valence-electron chi connectivity index (χ0n) is 10.7. The van der Waals surface area contributed by atoms with Crippen LogP contribution in [0.4, 0.5) is 13.2 Å². The van der Waals surface area contributed by atoms with Crippen LogP contribution in [0.3, 0.4) is 0 Å². The minimum Gasteiger partial charge on any atom is -0.351 e. The summed E-state index contributed by atoms with van der Waals surface area (Å²) in [4.78, 5) is 11.8. The number of hydrogen-bond acceptors (Lipinski definition) is 3. The van der Waals surface area contributed by atoms with Crippen LogP contribution in [0.25, 0.3) is 0 Å². The van der Waals surface area contributed by atoms with Crippen molar-refractivity contribution in [1.82, 2.24) is 10.6 Å². The molecule has 1 saturated heterocycles. The SMILES string of the molecule is O=C(NCc1ccc(C(F)(F)F)cc1)C1CSCCN1. The first-order chi connectivity index (χ1) is 9.47. The van der Waals surface area contributed by atoms with E-state index in [2.05, 4.69) is 10.6 Å². The molecule has 2 rings (SSSR count). The monoisotopic (exact) mass is 304 g/mol. The van der Waals surface area contributed by atoms with Gasteiger partial charge in [0.05, 0.1) is 11.6 Å². The van der Waals surface area contributed by atoms with Crippen molar-refractivity contribution in [3.63, 3.8) is 0 Å². The third kappa shape index (κ3) is 4.14. The smallest absolute Gasteiger partial charge is 0.351 e. The molecule has 0 radical (unpaired) electrons. The Hall–Kier alpha value is -1.21. The van der Waals surface area contributed by atoms with Crippen molar-refractivity contribution in [2.75, 3.05) is 18.1 Å². The Labute approximate surface area is 119 Å². The summed E-state index contributed by atoms with van der Waals surface area (Å²) in [6, 6.07) is 4.59. The maximum atomic E-state index is 12.4.